The van der Waals surface area contributed by atoms with Crippen molar-refractivity contribution in [2.75, 3.05) is 37.8 Å². The van der Waals surface area contributed by atoms with Gasteiger partial charge in [-0.15, -0.1) is 0 Å². The van der Waals surface area contributed by atoms with E-state index in [2.05, 4.69) is 19.9 Å². The second-order valence-electron chi connectivity index (χ2n) is 3.95. The molecule has 19 heavy (non-hydrogen) atoms. The molecule has 0 saturated carbocycles. The first-order chi connectivity index (χ1) is 9.16. The Hall–Kier alpha value is -1.67. The molecule has 0 aromatic carbocycles. The molecule has 1 aromatic rings. The molecule has 0 amide bonds. The van der Waals surface area contributed by atoms with Gasteiger partial charge in [-0.2, -0.15) is 0 Å². The van der Waals surface area contributed by atoms with E-state index >= 15 is 0 Å². The Kier molecular flexibility index (Phi) is 4.69. The molecular formula is C11H15N3O4S. The standard InChI is InChI=1S/C11H15N3O4S/c1-8-9(6-12-18-7-10(15)16)19-11(13-8)14-2-4-17-5-3-14/h6H,2-5,7H2,1H3,(H,15,16). The van der Waals surface area contributed by atoms with Gasteiger partial charge in [0.2, 0.25) is 6.61 Å². The first-order valence-corrected chi connectivity index (χ1v) is 6.65. The van der Waals surface area contributed by atoms with Gasteiger partial charge >= 0.3 is 5.97 Å². The van der Waals surface area contributed by atoms with Crippen LogP contribution in [0.4, 0.5) is 5.13 Å². The molecule has 0 radical (unpaired) electrons. The van der Waals surface area contributed by atoms with Crippen LogP contribution in [-0.4, -0.2) is 55.2 Å². The molecule has 2 heterocycles. The van der Waals surface area contributed by atoms with E-state index in [1.165, 1.54) is 17.6 Å². The van der Waals surface area contributed by atoms with Crippen molar-refractivity contribution in [1.82, 2.24) is 4.98 Å². The van der Waals surface area contributed by atoms with Crippen molar-refractivity contribution >= 4 is 28.7 Å². The monoisotopic (exact) mass is 285 g/mol. The van der Waals surface area contributed by atoms with E-state index < -0.39 is 12.6 Å². The SMILES string of the molecule is Cc1nc(N2CCOCC2)sc1C=NOCC(=O)O. The van der Waals surface area contributed by atoms with Crippen molar-refractivity contribution in [1.29, 1.82) is 0 Å². The highest BCUT2D eigenvalue weighted by molar-refractivity contribution is 7.17. The number of morpholine rings is 1. The van der Waals surface area contributed by atoms with Crippen molar-refractivity contribution in [3.63, 3.8) is 0 Å². The zero-order chi connectivity index (χ0) is 13.7. The van der Waals surface area contributed by atoms with Gasteiger partial charge in [0.25, 0.3) is 0 Å². The molecule has 0 bridgehead atoms. The summed E-state index contributed by atoms with van der Waals surface area (Å²) in [5, 5.41) is 13.0. The van der Waals surface area contributed by atoms with Gasteiger partial charge in [-0.1, -0.05) is 16.5 Å². The molecule has 7 nitrogen and oxygen atoms in total. The van der Waals surface area contributed by atoms with Crippen LogP contribution < -0.4 is 4.90 Å². The molecule has 0 spiro atoms. The summed E-state index contributed by atoms with van der Waals surface area (Å²) in [6.07, 6.45) is 1.50. The minimum Gasteiger partial charge on any atom is -0.479 e. The number of hydrogen-bond donors (Lipinski definition) is 1. The Bertz CT molecular complexity index is 469. The van der Waals surface area contributed by atoms with E-state index in [0.29, 0.717) is 13.2 Å². The third kappa shape index (κ3) is 3.90. The van der Waals surface area contributed by atoms with E-state index in [9.17, 15) is 4.79 Å². The maximum atomic E-state index is 10.3. The molecule has 2 rings (SSSR count). The molecular weight excluding hydrogens is 270 g/mol. The lowest BCUT2D eigenvalue weighted by atomic mass is 10.4. The topological polar surface area (TPSA) is 84.3 Å². The van der Waals surface area contributed by atoms with Crippen LogP contribution in [0.3, 0.4) is 0 Å². The predicted molar refractivity (Wildman–Crippen MR) is 71.1 cm³/mol. The van der Waals surface area contributed by atoms with Crippen LogP contribution in [0.5, 0.6) is 0 Å². The Morgan fingerprint density at radius 2 is 2.37 bits per heavy atom. The zero-order valence-electron chi connectivity index (χ0n) is 10.5. The molecule has 1 saturated heterocycles. The number of hydrogen-bond acceptors (Lipinski definition) is 7. The minimum atomic E-state index is -1.05. The van der Waals surface area contributed by atoms with Crippen molar-refractivity contribution in [3.05, 3.63) is 10.6 Å². The summed E-state index contributed by atoms with van der Waals surface area (Å²) >= 11 is 1.51. The second-order valence-corrected chi connectivity index (χ2v) is 4.96. The number of carbonyl (C=O) groups is 1. The molecule has 0 atom stereocenters. The maximum absolute atomic E-state index is 10.3. The van der Waals surface area contributed by atoms with Crippen LogP contribution in [0.2, 0.25) is 0 Å². The number of thiazole rings is 1. The normalized spacial score (nSPS) is 15.9. The van der Waals surface area contributed by atoms with Gasteiger partial charge in [0, 0.05) is 13.1 Å². The van der Waals surface area contributed by atoms with Crippen LogP contribution in [0.25, 0.3) is 0 Å². The van der Waals surface area contributed by atoms with Gasteiger partial charge in [0.15, 0.2) is 5.13 Å². The van der Waals surface area contributed by atoms with Crippen molar-refractivity contribution < 1.29 is 19.5 Å². The van der Waals surface area contributed by atoms with E-state index in [4.69, 9.17) is 9.84 Å². The van der Waals surface area contributed by atoms with Crippen LogP contribution in [0.1, 0.15) is 10.6 Å². The highest BCUT2D eigenvalue weighted by Gasteiger charge is 2.16. The van der Waals surface area contributed by atoms with Gasteiger partial charge in [0.1, 0.15) is 0 Å². The number of ether oxygens (including phenoxy) is 1. The highest BCUT2D eigenvalue weighted by Crippen LogP contribution is 2.25. The van der Waals surface area contributed by atoms with Crippen LogP contribution in [0, 0.1) is 6.92 Å². The zero-order valence-corrected chi connectivity index (χ0v) is 11.4. The van der Waals surface area contributed by atoms with Crippen molar-refractivity contribution in [3.8, 4) is 0 Å². The van der Waals surface area contributed by atoms with Gasteiger partial charge < -0.3 is 19.6 Å². The third-order valence-corrected chi connectivity index (χ3v) is 3.69. The van der Waals surface area contributed by atoms with Gasteiger partial charge in [-0.25, -0.2) is 9.78 Å². The number of oxime groups is 1. The molecule has 0 unspecified atom stereocenters. The predicted octanol–water partition coefficient (Wildman–Crippen LogP) is 0.723. The molecule has 8 heteroatoms. The summed E-state index contributed by atoms with van der Waals surface area (Å²) in [5.74, 6) is -1.05. The highest BCUT2D eigenvalue weighted by atomic mass is 32.1. The summed E-state index contributed by atoms with van der Waals surface area (Å²) in [5.41, 5.74) is 0.856. The van der Waals surface area contributed by atoms with Gasteiger partial charge in [-0.3, -0.25) is 0 Å². The summed E-state index contributed by atoms with van der Waals surface area (Å²) in [6, 6.07) is 0. The fourth-order valence-electron chi connectivity index (χ4n) is 1.58. The summed E-state index contributed by atoms with van der Waals surface area (Å²) in [6.45, 7) is 4.54. The molecule has 1 aliphatic heterocycles. The molecule has 1 aliphatic rings. The largest absolute Gasteiger partial charge is 0.479 e. The lowest BCUT2D eigenvalue weighted by Crippen LogP contribution is -2.36. The number of aliphatic carboxylic acids is 1. The van der Waals surface area contributed by atoms with Crippen molar-refractivity contribution in [2.24, 2.45) is 5.16 Å². The first-order valence-electron chi connectivity index (χ1n) is 5.84. The average Bonchev–Trinajstić information content (AvgIpc) is 2.77. The van der Waals surface area contributed by atoms with E-state index in [1.807, 2.05) is 6.92 Å². The lowest BCUT2D eigenvalue weighted by molar-refractivity contribution is -0.142. The smallest absolute Gasteiger partial charge is 0.344 e. The quantitative estimate of drug-likeness (QED) is 0.634. The van der Waals surface area contributed by atoms with E-state index in [-0.39, 0.29) is 0 Å². The number of nitrogens with zero attached hydrogens (tertiary/aromatic N) is 3. The van der Waals surface area contributed by atoms with Crippen LogP contribution in [0.15, 0.2) is 5.16 Å². The lowest BCUT2D eigenvalue weighted by Gasteiger charge is -2.25. The summed E-state index contributed by atoms with van der Waals surface area (Å²) in [4.78, 5) is 22.4. The molecule has 104 valence electrons. The van der Waals surface area contributed by atoms with Crippen LogP contribution >= 0.6 is 11.3 Å². The van der Waals surface area contributed by atoms with Crippen LogP contribution in [-0.2, 0) is 14.4 Å². The van der Waals surface area contributed by atoms with E-state index in [0.717, 1.165) is 28.8 Å². The average molecular weight is 285 g/mol. The minimum absolute atomic E-state index is 0.440. The maximum Gasteiger partial charge on any atom is 0.344 e. The Morgan fingerprint density at radius 3 is 3.05 bits per heavy atom. The number of carboxylic acids is 1. The molecule has 1 N–H and O–H groups in total. The number of anilines is 1. The fraction of sp³-hybridized carbons (Fsp3) is 0.545. The Balaban J connectivity index is 1.97. The number of aromatic nitrogens is 1. The number of rotatable bonds is 5. The molecule has 0 aliphatic carbocycles. The summed E-state index contributed by atoms with van der Waals surface area (Å²) < 4.78 is 5.29. The number of aryl methyl sites for hydroxylation is 1. The first kappa shape index (κ1) is 13.8. The van der Waals surface area contributed by atoms with E-state index in [1.54, 1.807) is 0 Å². The second kappa shape index (κ2) is 6.48. The fourth-order valence-corrected chi connectivity index (χ4v) is 2.56. The van der Waals surface area contributed by atoms with Gasteiger partial charge in [-0.05, 0) is 6.92 Å². The third-order valence-electron chi connectivity index (χ3n) is 2.54. The summed E-state index contributed by atoms with van der Waals surface area (Å²) in [7, 11) is 0. The van der Waals surface area contributed by atoms with Crippen molar-refractivity contribution in [2.45, 2.75) is 6.92 Å². The molecule has 1 aromatic heterocycles. The Labute approximate surface area is 114 Å². The number of carboxylic acid groups (broad SMARTS) is 1. The van der Waals surface area contributed by atoms with Gasteiger partial charge in [0.05, 0.1) is 30.0 Å². The Morgan fingerprint density at radius 1 is 1.63 bits per heavy atom. The molecule has 1 fully saturated rings.